The Bertz CT molecular complexity index is 471. The average molecular weight is 231 g/mol. The summed E-state index contributed by atoms with van der Waals surface area (Å²) >= 11 is 0. The molecule has 0 aliphatic carbocycles. The van der Waals surface area contributed by atoms with E-state index < -0.39 is 0 Å². The fourth-order valence-electron chi connectivity index (χ4n) is 1.77. The van der Waals surface area contributed by atoms with Gasteiger partial charge in [-0.25, -0.2) is 0 Å². The summed E-state index contributed by atoms with van der Waals surface area (Å²) in [5.41, 5.74) is 0.812. The van der Waals surface area contributed by atoms with Crippen molar-refractivity contribution in [1.29, 1.82) is 0 Å². The minimum absolute atomic E-state index is 0.227. The quantitative estimate of drug-likeness (QED) is 0.716. The fourth-order valence-corrected chi connectivity index (χ4v) is 1.77. The van der Waals surface area contributed by atoms with E-state index in [4.69, 9.17) is 0 Å². The van der Waals surface area contributed by atoms with Crippen LogP contribution in [0.4, 0.5) is 0 Å². The van der Waals surface area contributed by atoms with Crippen molar-refractivity contribution < 1.29 is 4.79 Å². The molecular formula is C13H17N3O. The molecule has 0 atom stereocenters. The van der Waals surface area contributed by atoms with E-state index in [1.165, 1.54) is 0 Å². The zero-order chi connectivity index (χ0) is 12.1. The lowest BCUT2D eigenvalue weighted by Crippen LogP contribution is -2.06. The standard InChI is InChI=1S/C13H17N3O/c1-2-4-13(17)12-5-8-15(11-12)9-10-16-7-3-6-14-16/h3,5-8,11H,2,4,9-10H2,1H3. The molecule has 4 nitrogen and oxygen atoms in total. The molecule has 0 aliphatic rings. The molecule has 0 bridgehead atoms. The SMILES string of the molecule is CCCC(=O)c1ccn(CCn2cccn2)c1. The van der Waals surface area contributed by atoms with E-state index in [0.717, 1.165) is 25.1 Å². The summed E-state index contributed by atoms with van der Waals surface area (Å²) in [6.07, 6.45) is 9.10. The van der Waals surface area contributed by atoms with Crippen LogP contribution in [0.1, 0.15) is 30.1 Å². The molecule has 0 aliphatic heterocycles. The molecule has 0 fully saturated rings. The normalized spacial score (nSPS) is 10.6. The number of hydrogen-bond acceptors (Lipinski definition) is 2. The van der Waals surface area contributed by atoms with Gasteiger partial charge in [0.2, 0.25) is 0 Å². The second kappa shape index (κ2) is 5.48. The molecular weight excluding hydrogens is 214 g/mol. The van der Waals surface area contributed by atoms with Gasteiger partial charge < -0.3 is 4.57 Å². The molecule has 4 heteroatoms. The Hall–Kier alpha value is -1.84. The third-order valence-corrected chi connectivity index (χ3v) is 2.70. The van der Waals surface area contributed by atoms with Gasteiger partial charge in [0.05, 0.1) is 6.54 Å². The molecule has 0 radical (unpaired) electrons. The Kier molecular flexibility index (Phi) is 3.75. The van der Waals surface area contributed by atoms with Gasteiger partial charge in [0.15, 0.2) is 5.78 Å². The molecule has 0 aromatic carbocycles. The predicted molar refractivity (Wildman–Crippen MR) is 65.9 cm³/mol. The Morgan fingerprint density at radius 1 is 1.35 bits per heavy atom. The number of carbonyl (C=O) groups is 1. The predicted octanol–water partition coefficient (Wildman–Crippen LogP) is 2.37. The van der Waals surface area contributed by atoms with Crippen LogP contribution in [0.5, 0.6) is 0 Å². The number of carbonyl (C=O) groups excluding carboxylic acids is 1. The number of hydrogen-bond donors (Lipinski definition) is 0. The first-order valence-electron chi connectivity index (χ1n) is 5.96. The van der Waals surface area contributed by atoms with Crippen LogP contribution in [-0.4, -0.2) is 20.1 Å². The summed E-state index contributed by atoms with van der Waals surface area (Å²) in [6.45, 7) is 3.68. The van der Waals surface area contributed by atoms with Crippen molar-refractivity contribution >= 4 is 5.78 Å². The maximum absolute atomic E-state index is 11.7. The summed E-state index contributed by atoms with van der Waals surface area (Å²) < 4.78 is 3.91. The molecule has 0 N–H and O–H groups in total. The van der Waals surface area contributed by atoms with Crippen LogP contribution in [0.2, 0.25) is 0 Å². The molecule has 2 rings (SSSR count). The molecule has 17 heavy (non-hydrogen) atoms. The van der Waals surface area contributed by atoms with Gasteiger partial charge in [-0.1, -0.05) is 6.92 Å². The van der Waals surface area contributed by atoms with Gasteiger partial charge in [-0.3, -0.25) is 9.48 Å². The number of Topliss-reactive ketones (excluding diaryl/α,β-unsaturated/α-hetero) is 1. The Balaban J connectivity index is 1.92. The minimum atomic E-state index is 0.227. The van der Waals surface area contributed by atoms with Crippen molar-refractivity contribution in [2.45, 2.75) is 32.9 Å². The minimum Gasteiger partial charge on any atom is -0.352 e. The van der Waals surface area contributed by atoms with Crippen molar-refractivity contribution in [3.63, 3.8) is 0 Å². The zero-order valence-corrected chi connectivity index (χ0v) is 10.0. The van der Waals surface area contributed by atoms with Crippen LogP contribution in [0.25, 0.3) is 0 Å². The van der Waals surface area contributed by atoms with Crippen molar-refractivity contribution in [3.8, 4) is 0 Å². The average Bonchev–Trinajstić information content (AvgIpc) is 2.98. The third-order valence-electron chi connectivity index (χ3n) is 2.70. The molecule has 90 valence electrons. The van der Waals surface area contributed by atoms with E-state index in [1.54, 1.807) is 6.20 Å². The first kappa shape index (κ1) is 11.6. The molecule has 0 saturated heterocycles. The first-order valence-corrected chi connectivity index (χ1v) is 5.96. The molecule has 0 amide bonds. The second-order valence-electron chi connectivity index (χ2n) is 4.08. The van der Waals surface area contributed by atoms with E-state index in [9.17, 15) is 4.79 Å². The number of aryl methyl sites for hydroxylation is 2. The van der Waals surface area contributed by atoms with E-state index in [-0.39, 0.29) is 5.78 Å². The molecule has 0 unspecified atom stereocenters. The second-order valence-corrected chi connectivity index (χ2v) is 4.08. The number of rotatable bonds is 6. The van der Waals surface area contributed by atoms with Crippen molar-refractivity contribution in [2.24, 2.45) is 0 Å². The highest BCUT2D eigenvalue weighted by Gasteiger charge is 2.05. The van der Waals surface area contributed by atoms with E-state index >= 15 is 0 Å². The van der Waals surface area contributed by atoms with Crippen molar-refractivity contribution in [3.05, 3.63) is 42.5 Å². The van der Waals surface area contributed by atoms with Crippen LogP contribution in [0.15, 0.2) is 36.9 Å². The number of nitrogens with zero attached hydrogens (tertiary/aromatic N) is 3. The summed E-state index contributed by atoms with van der Waals surface area (Å²) in [4.78, 5) is 11.7. The zero-order valence-electron chi connectivity index (χ0n) is 10.0. The van der Waals surface area contributed by atoms with E-state index in [0.29, 0.717) is 6.42 Å². The van der Waals surface area contributed by atoms with Gasteiger partial charge in [-0.15, -0.1) is 0 Å². The van der Waals surface area contributed by atoms with Gasteiger partial charge in [0.1, 0.15) is 0 Å². The largest absolute Gasteiger partial charge is 0.352 e. The van der Waals surface area contributed by atoms with E-state index in [2.05, 4.69) is 5.10 Å². The Morgan fingerprint density at radius 2 is 2.24 bits per heavy atom. The lowest BCUT2D eigenvalue weighted by molar-refractivity contribution is 0.0981. The monoisotopic (exact) mass is 231 g/mol. The maximum atomic E-state index is 11.7. The molecule has 2 aromatic rings. The van der Waals surface area contributed by atoms with Crippen LogP contribution in [0.3, 0.4) is 0 Å². The molecule has 0 spiro atoms. The Morgan fingerprint density at radius 3 is 2.94 bits per heavy atom. The third kappa shape index (κ3) is 3.06. The molecule has 2 heterocycles. The van der Waals surface area contributed by atoms with Crippen LogP contribution in [-0.2, 0) is 13.1 Å². The highest BCUT2D eigenvalue weighted by atomic mass is 16.1. The van der Waals surface area contributed by atoms with Crippen molar-refractivity contribution in [2.75, 3.05) is 0 Å². The summed E-state index contributed by atoms with van der Waals surface area (Å²) in [7, 11) is 0. The number of aromatic nitrogens is 3. The Labute approximate surface area is 101 Å². The van der Waals surface area contributed by atoms with Gasteiger partial charge in [0, 0.05) is 43.3 Å². The van der Waals surface area contributed by atoms with E-state index in [1.807, 2.05) is 46.9 Å². The summed E-state index contributed by atoms with van der Waals surface area (Å²) in [5, 5.41) is 4.14. The van der Waals surface area contributed by atoms with Crippen LogP contribution in [0, 0.1) is 0 Å². The van der Waals surface area contributed by atoms with Gasteiger partial charge >= 0.3 is 0 Å². The van der Waals surface area contributed by atoms with Gasteiger partial charge in [-0.2, -0.15) is 5.10 Å². The van der Waals surface area contributed by atoms with Crippen LogP contribution < -0.4 is 0 Å². The van der Waals surface area contributed by atoms with Gasteiger partial charge in [-0.05, 0) is 18.6 Å². The molecule has 0 saturated carbocycles. The smallest absolute Gasteiger partial charge is 0.164 e. The lowest BCUT2D eigenvalue weighted by Gasteiger charge is -2.02. The highest BCUT2D eigenvalue weighted by Crippen LogP contribution is 2.06. The highest BCUT2D eigenvalue weighted by molar-refractivity contribution is 5.95. The van der Waals surface area contributed by atoms with Crippen LogP contribution >= 0.6 is 0 Å². The van der Waals surface area contributed by atoms with Crippen molar-refractivity contribution in [1.82, 2.24) is 14.3 Å². The topological polar surface area (TPSA) is 39.8 Å². The summed E-state index contributed by atoms with van der Waals surface area (Å²) in [6, 6.07) is 3.80. The first-order chi connectivity index (χ1) is 8.29. The lowest BCUT2D eigenvalue weighted by atomic mass is 10.1. The maximum Gasteiger partial charge on any atom is 0.164 e. The number of ketones is 1. The molecule has 2 aromatic heterocycles. The van der Waals surface area contributed by atoms with Gasteiger partial charge in [0.25, 0.3) is 0 Å². The fraction of sp³-hybridized carbons (Fsp3) is 0.385. The summed E-state index contributed by atoms with van der Waals surface area (Å²) in [5.74, 6) is 0.227.